The van der Waals surface area contributed by atoms with Gasteiger partial charge in [-0.1, -0.05) is 35.9 Å². The SMILES string of the molecule is O=C(NN=Cc1c(F)cccc1Cl)c1cnn(-c2ccccc2)c1C(F)(F)F. The number of halogens is 5. The van der Waals surface area contributed by atoms with Crippen LogP contribution in [-0.4, -0.2) is 21.9 Å². The molecule has 3 aromatic rings. The molecule has 1 heterocycles. The molecular formula is C18H11ClF4N4O. The fourth-order valence-electron chi connectivity index (χ4n) is 2.40. The van der Waals surface area contributed by atoms with Gasteiger partial charge < -0.3 is 0 Å². The summed E-state index contributed by atoms with van der Waals surface area (Å²) in [5, 5.41) is 7.20. The van der Waals surface area contributed by atoms with Crippen LogP contribution >= 0.6 is 11.6 Å². The zero-order chi connectivity index (χ0) is 20.3. The van der Waals surface area contributed by atoms with Gasteiger partial charge in [-0.3, -0.25) is 4.79 Å². The number of para-hydroxylation sites is 1. The zero-order valence-electron chi connectivity index (χ0n) is 13.9. The standard InChI is InChI=1S/C18H11ClF4N4O/c19-14-7-4-8-15(20)12(14)9-24-26-17(28)13-10-25-27(16(13)18(21,22)23)11-5-2-1-3-6-11/h1-10H,(H,26,28). The first-order chi connectivity index (χ1) is 13.3. The zero-order valence-corrected chi connectivity index (χ0v) is 14.7. The maximum atomic E-state index is 13.7. The van der Waals surface area contributed by atoms with Gasteiger partial charge in [-0.15, -0.1) is 0 Å². The Kier molecular flexibility index (Phi) is 5.46. The molecule has 0 unspecified atom stereocenters. The topological polar surface area (TPSA) is 59.3 Å². The molecule has 1 N–H and O–H groups in total. The summed E-state index contributed by atoms with van der Waals surface area (Å²) < 4.78 is 54.9. The van der Waals surface area contributed by atoms with Crippen molar-refractivity contribution in [2.75, 3.05) is 0 Å². The number of alkyl halides is 3. The molecule has 28 heavy (non-hydrogen) atoms. The molecule has 1 aromatic heterocycles. The second-order valence-corrected chi connectivity index (χ2v) is 5.89. The van der Waals surface area contributed by atoms with E-state index in [-0.39, 0.29) is 16.3 Å². The summed E-state index contributed by atoms with van der Waals surface area (Å²) in [6.07, 6.45) is -3.15. The average molecular weight is 411 g/mol. The van der Waals surface area contributed by atoms with Gasteiger partial charge >= 0.3 is 6.18 Å². The van der Waals surface area contributed by atoms with E-state index in [0.29, 0.717) is 4.68 Å². The summed E-state index contributed by atoms with van der Waals surface area (Å²) in [6, 6.07) is 11.5. The highest BCUT2D eigenvalue weighted by Crippen LogP contribution is 2.33. The summed E-state index contributed by atoms with van der Waals surface area (Å²) in [4.78, 5) is 12.2. The average Bonchev–Trinajstić information content (AvgIpc) is 3.10. The lowest BCUT2D eigenvalue weighted by molar-refractivity contribution is -0.143. The van der Waals surface area contributed by atoms with E-state index < -0.39 is 29.2 Å². The lowest BCUT2D eigenvalue weighted by atomic mass is 10.2. The number of nitrogens with one attached hydrogen (secondary N) is 1. The van der Waals surface area contributed by atoms with Crippen molar-refractivity contribution >= 4 is 23.7 Å². The first-order valence-corrected chi connectivity index (χ1v) is 8.15. The molecule has 0 fully saturated rings. The summed E-state index contributed by atoms with van der Waals surface area (Å²) >= 11 is 5.81. The van der Waals surface area contributed by atoms with Crippen LogP contribution in [0.2, 0.25) is 5.02 Å². The molecule has 0 aliphatic carbocycles. The van der Waals surface area contributed by atoms with Gasteiger partial charge in [0.05, 0.1) is 28.7 Å². The first-order valence-electron chi connectivity index (χ1n) is 7.77. The second-order valence-electron chi connectivity index (χ2n) is 5.49. The normalized spacial score (nSPS) is 11.8. The lowest BCUT2D eigenvalue weighted by Gasteiger charge is -2.12. The number of amides is 1. The molecule has 0 atom stereocenters. The number of benzene rings is 2. The Labute approximate surface area is 161 Å². The van der Waals surface area contributed by atoms with Crippen LogP contribution in [0.3, 0.4) is 0 Å². The maximum absolute atomic E-state index is 13.7. The lowest BCUT2D eigenvalue weighted by Crippen LogP contribution is -2.23. The third-order valence-corrected chi connectivity index (χ3v) is 3.97. The van der Waals surface area contributed by atoms with Gasteiger partial charge in [0.25, 0.3) is 5.91 Å². The Hall–Kier alpha value is -3.20. The molecule has 10 heteroatoms. The molecule has 0 bridgehead atoms. The summed E-state index contributed by atoms with van der Waals surface area (Å²) in [5.41, 5.74) is -0.0278. The largest absolute Gasteiger partial charge is 0.434 e. The fourth-order valence-corrected chi connectivity index (χ4v) is 2.61. The molecule has 3 rings (SSSR count). The van der Waals surface area contributed by atoms with Crippen LogP contribution in [0.4, 0.5) is 17.6 Å². The van der Waals surface area contributed by atoms with E-state index in [1.807, 2.05) is 5.43 Å². The third-order valence-electron chi connectivity index (χ3n) is 3.64. The van der Waals surface area contributed by atoms with Crippen LogP contribution in [-0.2, 0) is 6.18 Å². The number of hydrogen-bond donors (Lipinski definition) is 1. The Morgan fingerprint density at radius 3 is 2.50 bits per heavy atom. The van der Waals surface area contributed by atoms with Gasteiger partial charge in [-0.05, 0) is 24.3 Å². The molecule has 0 saturated carbocycles. The molecular weight excluding hydrogens is 400 g/mol. The van der Waals surface area contributed by atoms with Gasteiger partial charge in [-0.25, -0.2) is 14.5 Å². The maximum Gasteiger partial charge on any atom is 0.434 e. The van der Waals surface area contributed by atoms with Crippen molar-refractivity contribution in [2.45, 2.75) is 6.18 Å². The van der Waals surface area contributed by atoms with Crippen molar-refractivity contribution in [1.82, 2.24) is 15.2 Å². The fraction of sp³-hybridized carbons (Fsp3) is 0.0556. The van der Waals surface area contributed by atoms with E-state index in [0.717, 1.165) is 18.5 Å². The summed E-state index contributed by atoms with van der Waals surface area (Å²) in [6.45, 7) is 0. The molecule has 0 radical (unpaired) electrons. The van der Waals surface area contributed by atoms with Crippen LogP contribution < -0.4 is 5.43 Å². The van der Waals surface area contributed by atoms with Gasteiger partial charge in [0.15, 0.2) is 5.69 Å². The first kappa shape index (κ1) is 19.6. The number of rotatable bonds is 4. The minimum absolute atomic E-state index is 0.0332. The van der Waals surface area contributed by atoms with E-state index in [4.69, 9.17) is 11.6 Å². The van der Waals surface area contributed by atoms with Gasteiger partial charge in [-0.2, -0.15) is 23.4 Å². The molecule has 0 aliphatic rings. The Morgan fingerprint density at radius 1 is 1.14 bits per heavy atom. The molecule has 1 amide bonds. The smallest absolute Gasteiger partial charge is 0.267 e. The predicted molar refractivity (Wildman–Crippen MR) is 95.0 cm³/mol. The molecule has 5 nitrogen and oxygen atoms in total. The van der Waals surface area contributed by atoms with Gasteiger partial charge in [0, 0.05) is 5.56 Å². The molecule has 0 saturated heterocycles. The van der Waals surface area contributed by atoms with E-state index in [2.05, 4.69) is 10.2 Å². The predicted octanol–water partition coefficient (Wildman–Crippen LogP) is 4.45. The highest BCUT2D eigenvalue weighted by Gasteiger charge is 2.40. The Morgan fingerprint density at radius 2 is 1.86 bits per heavy atom. The van der Waals surface area contributed by atoms with E-state index in [9.17, 15) is 22.4 Å². The molecule has 144 valence electrons. The molecule has 0 spiro atoms. The number of nitrogens with zero attached hydrogens (tertiary/aromatic N) is 3. The highest BCUT2D eigenvalue weighted by molar-refractivity contribution is 6.33. The number of aromatic nitrogens is 2. The monoisotopic (exact) mass is 410 g/mol. The van der Waals surface area contributed by atoms with Crippen molar-refractivity contribution in [3.8, 4) is 5.69 Å². The van der Waals surface area contributed by atoms with Crippen molar-refractivity contribution in [3.05, 3.63) is 82.4 Å². The summed E-state index contributed by atoms with van der Waals surface area (Å²) in [7, 11) is 0. The number of hydrazone groups is 1. The number of carbonyl (C=O) groups is 1. The van der Waals surface area contributed by atoms with Crippen molar-refractivity contribution < 1.29 is 22.4 Å². The number of carbonyl (C=O) groups excluding carboxylic acids is 1. The summed E-state index contributed by atoms with van der Waals surface area (Å²) in [5.74, 6) is -1.85. The van der Waals surface area contributed by atoms with Crippen LogP contribution in [0.25, 0.3) is 5.69 Å². The van der Waals surface area contributed by atoms with Crippen molar-refractivity contribution in [1.29, 1.82) is 0 Å². The van der Waals surface area contributed by atoms with Crippen LogP contribution in [0.15, 0.2) is 59.8 Å². The van der Waals surface area contributed by atoms with Crippen LogP contribution in [0.5, 0.6) is 0 Å². The minimum atomic E-state index is -4.85. The Bertz CT molecular complexity index is 1010. The third kappa shape index (κ3) is 4.04. The van der Waals surface area contributed by atoms with Crippen LogP contribution in [0, 0.1) is 5.82 Å². The van der Waals surface area contributed by atoms with E-state index in [1.54, 1.807) is 18.2 Å². The minimum Gasteiger partial charge on any atom is -0.267 e. The highest BCUT2D eigenvalue weighted by atomic mass is 35.5. The van der Waals surface area contributed by atoms with Gasteiger partial charge in [0.2, 0.25) is 0 Å². The molecule has 0 aliphatic heterocycles. The quantitative estimate of drug-likeness (QED) is 0.392. The van der Waals surface area contributed by atoms with Crippen molar-refractivity contribution in [2.24, 2.45) is 5.10 Å². The Balaban J connectivity index is 1.90. The van der Waals surface area contributed by atoms with E-state index in [1.165, 1.54) is 24.3 Å². The van der Waals surface area contributed by atoms with Crippen molar-refractivity contribution in [3.63, 3.8) is 0 Å². The van der Waals surface area contributed by atoms with Gasteiger partial charge in [0.1, 0.15) is 5.82 Å². The number of hydrogen-bond acceptors (Lipinski definition) is 3. The molecule has 2 aromatic carbocycles. The van der Waals surface area contributed by atoms with E-state index >= 15 is 0 Å². The second kappa shape index (κ2) is 7.81. The van der Waals surface area contributed by atoms with Crippen LogP contribution in [0.1, 0.15) is 21.6 Å².